The zero-order chi connectivity index (χ0) is 15.5. The van der Waals surface area contributed by atoms with Gasteiger partial charge in [-0.05, 0) is 31.0 Å². The Morgan fingerprint density at radius 3 is 2.73 bits per heavy atom. The first kappa shape index (κ1) is 15.1. The largest absolute Gasteiger partial charge is 0.387 e. The molecule has 1 fully saturated rings. The second kappa shape index (κ2) is 6.53. The smallest absolute Gasteiger partial charge is 0.253 e. The van der Waals surface area contributed by atoms with E-state index in [0.29, 0.717) is 16.6 Å². The Morgan fingerprint density at radius 1 is 1.23 bits per heavy atom. The first-order valence-electron chi connectivity index (χ1n) is 7.75. The van der Waals surface area contributed by atoms with E-state index in [0.717, 1.165) is 29.4 Å². The Morgan fingerprint density at radius 2 is 2.00 bits per heavy atom. The van der Waals surface area contributed by atoms with Gasteiger partial charge >= 0.3 is 0 Å². The highest BCUT2D eigenvalue weighted by Gasteiger charge is 2.17. The summed E-state index contributed by atoms with van der Waals surface area (Å²) in [6.45, 7) is 0. The fraction of sp³-hybridized carbons (Fsp3) is 0.412. The SMILES string of the molecule is CNc1cc2ncc(C(=O)NC3CCCCC3)cc2cc1Cl. The van der Waals surface area contributed by atoms with Gasteiger partial charge in [-0.1, -0.05) is 30.9 Å². The van der Waals surface area contributed by atoms with Crippen LogP contribution in [0.25, 0.3) is 10.9 Å². The quantitative estimate of drug-likeness (QED) is 0.900. The third kappa shape index (κ3) is 3.17. The minimum atomic E-state index is -0.0462. The molecule has 3 rings (SSSR count). The van der Waals surface area contributed by atoms with E-state index in [1.54, 1.807) is 6.20 Å². The summed E-state index contributed by atoms with van der Waals surface area (Å²) in [7, 11) is 1.82. The molecule has 0 unspecified atom stereocenters. The monoisotopic (exact) mass is 317 g/mol. The lowest BCUT2D eigenvalue weighted by Crippen LogP contribution is -2.36. The molecule has 5 heteroatoms. The summed E-state index contributed by atoms with van der Waals surface area (Å²) in [5.41, 5.74) is 2.25. The van der Waals surface area contributed by atoms with Gasteiger partial charge in [0, 0.05) is 24.7 Å². The van der Waals surface area contributed by atoms with E-state index in [9.17, 15) is 4.79 Å². The van der Waals surface area contributed by atoms with Gasteiger partial charge in [0.2, 0.25) is 0 Å². The van der Waals surface area contributed by atoms with Crippen molar-refractivity contribution in [3.63, 3.8) is 0 Å². The van der Waals surface area contributed by atoms with Crippen molar-refractivity contribution in [1.82, 2.24) is 10.3 Å². The topological polar surface area (TPSA) is 54.0 Å². The van der Waals surface area contributed by atoms with Crippen molar-refractivity contribution in [2.45, 2.75) is 38.1 Å². The second-order valence-electron chi connectivity index (χ2n) is 5.81. The van der Waals surface area contributed by atoms with Gasteiger partial charge < -0.3 is 10.6 Å². The van der Waals surface area contributed by atoms with E-state index >= 15 is 0 Å². The van der Waals surface area contributed by atoms with Crippen LogP contribution in [0.15, 0.2) is 24.4 Å². The molecule has 1 aromatic heterocycles. The first-order chi connectivity index (χ1) is 10.7. The molecule has 0 saturated heterocycles. The number of rotatable bonds is 3. The lowest BCUT2D eigenvalue weighted by molar-refractivity contribution is 0.0927. The Labute approximate surface area is 135 Å². The van der Waals surface area contributed by atoms with E-state index in [1.165, 1.54) is 19.3 Å². The lowest BCUT2D eigenvalue weighted by Gasteiger charge is -2.22. The van der Waals surface area contributed by atoms with E-state index in [2.05, 4.69) is 15.6 Å². The van der Waals surface area contributed by atoms with Gasteiger partial charge in [0.05, 0.1) is 21.8 Å². The fourth-order valence-electron chi connectivity index (χ4n) is 2.98. The van der Waals surface area contributed by atoms with Crippen LogP contribution in [0.4, 0.5) is 5.69 Å². The number of hydrogen-bond donors (Lipinski definition) is 2. The van der Waals surface area contributed by atoms with Gasteiger partial charge in [-0.25, -0.2) is 0 Å². The molecule has 0 spiro atoms. The summed E-state index contributed by atoms with van der Waals surface area (Å²) in [5.74, 6) is -0.0462. The van der Waals surface area contributed by atoms with Crippen LogP contribution in [0.1, 0.15) is 42.5 Å². The number of amides is 1. The number of nitrogens with zero attached hydrogens (tertiary/aromatic N) is 1. The number of carbonyl (C=O) groups excluding carboxylic acids is 1. The number of aromatic nitrogens is 1. The van der Waals surface area contributed by atoms with Gasteiger partial charge in [0.15, 0.2) is 0 Å². The van der Waals surface area contributed by atoms with Crippen LogP contribution in [0.2, 0.25) is 5.02 Å². The lowest BCUT2D eigenvalue weighted by atomic mass is 9.95. The molecule has 22 heavy (non-hydrogen) atoms. The van der Waals surface area contributed by atoms with E-state index in [1.807, 2.05) is 25.2 Å². The molecule has 0 aliphatic heterocycles. The van der Waals surface area contributed by atoms with Gasteiger partial charge in [-0.2, -0.15) is 0 Å². The maximum atomic E-state index is 12.4. The molecule has 1 heterocycles. The standard InChI is InChI=1S/C17H20ClN3O/c1-19-16-9-15-11(8-14(16)18)7-12(10-20-15)17(22)21-13-5-3-2-4-6-13/h7-10,13,19H,2-6H2,1H3,(H,21,22). The van der Waals surface area contributed by atoms with Crippen LogP contribution in [-0.4, -0.2) is 24.0 Å². The predicted molar refractivity (Wildman–Crippen MR) is 90.6 cm³/mol. The van der Waals surface area contributed by atoms with Crippen molar-refractivity contribution < 1.29 is 4.79 Å². The summed E-state index contributed by atoms with van der Waals surface area (Å²) in [5, 5.41) is 7.64. The number of carbonyl (C=O) groups is 1. The molecule has 0 atom stereocenters. The first-order valence-corrected chi connectivity index (χ1v) is 8.13. The molecule has 0 bridgehead atoms. The molecule has 4 nitrogen and oxygen atoms in total. The molecular formula is C17H20ClN3O. The van der Waals surface area contributed by atoms with Crippen LogP contribution in [0.5, 0.6) is 0 Å². The number of fused-ring (bicyclic) bond motifs is 1. The predicted octanol–water partition coefficient (Wildman–Crippen LogP) is 3.99. The molecular weight excluding hydrogens is 298 g/mol. The number of halogens is 1. The molecule has 2 N–H and O–H groups in total. The van der Waals surface area contributed by atoms with Crippen molar-refractivity contribution in [3.05, 3.63) is 35.0 Å². The zero-order valence-corrected chi connectivity index (χ0v) is 13.4. The maximum Gasteiger partial charge on any atom is 0.253 e. The highest BCUT2D eigenvalue weighted by molar-refractivity contribution is 6.34. The average molecular weight is 318 g/mol. The van der Waals surface area contributed by atoms with Crippen LogP contribution in [0, 0.1) is 0 Å². The van der Waals surface area contributed by atoms with E-state index < -0.39 is 0 Å². The van der Waals surface area contributed by atoms with Gasteiger partial charge in [-0.3, -0.25) is 9.78 Å². The number of benzene rings is 1. The number of pyridine rings is 1. The molecule has 1 saturated carbocycles. The second-order valence-corrected chi connectivity index (χ2v) is 6.21. The van der Waals surface area contributed by atoms with Crippen molar-refractivity contribution in [2.75, 3.05) is 12.4 Å². The van der Waals surface area contributed by atoms with E-state index in [4.69, 9.17) is 11.6 Å². The van der Waals surface area contributed by atoms with Gasteiger partial charge in [0.25, 0.3) is 5.91 Å². The number of hydrogen-bond acceptors (Lipinski definition) is 3. The summed E-state index contributed by atoms with van der Waals surface area (Å²) >= 11 is 6.20. The molecule has 1 aliphatic carbocycles. The number of anilines is 1. The maximum absolute atomic E-state index is 12.4. The van der Waals surface area contributed by atoms with E-state index in [-0.39, 0.29) is 5.91 Å². The van der Waals surface area contributed by atoms with Gasteiger partial charge in [0.1, 0.15) is 0 Å². The molecule has 1 aliphatic rings. The summed E-state index contributed by atoms with van der Waals surface area (Å²) < 4.78 is 0. The molecule has 0 radical (unpaired) electrons. The fourth-order valence-corrected chi connectivity index (χ4v) is 3.25. The van der Waals surface area contributed by atoms with Crippen LogP contribution < -0.4 is 10.6 Å². The third-order valence-electron chi connectivity index (χ3n) is 4.24. The third-order valence-corrected chi connectivity index (χ3v) is 4.55. The van der Waals surface area contributed by atoms with Crippen molar-refractivity contribution in [1.29, 1.82) is 0 Å². The Hall–Kier alpha value is -1.81. The molecule has 1 aromatic carbocycles. The average Bonchev–Trinajstić information content (AvgIpc) is 2.54. The minimum absolute atomic E-state index is 0.0462. The Bertz CT molecular complexity index is 696. The summed E-state index contributed by atoms with van der Waals surface area (Å²) in [4.78, 5) is 16.8. The minimum Gasteiger partial charge on any atom is -0.387 e. The van der Waals surface area contributed by atoms with Crippen LogP contribution in [0.3, 0.4) is 0 Å². The van der Waals surface area contributed by atoms with Gasteiger partial charge in [-0.15, -0.1) is 0 Å². The van der Waals surface area contributed by atoms with Crippen molar-refractivity contribution in [3.8, 4) is 0 Å². The Balaban J connectivity index is 1.83. The summed E-state index contributed by atoms with van der Waals surface area (Å²) in [6, 6.07) is 5.88. The zero-order valence-electron chi connectivity index (χ0n) is 12.7. The molecule has 2 aromatic rings. The Kier molecular flexibility index (Phi) is 4.48. The highest BCUT2D eigenvalue weighted by Crippen LogP contribution is 2.27. The summed E-state index contributed by atoms with van der Waals surface area (Å²) in [6.07, 6.45) is 7.45. The van der Waals surface area contributed by atoms with Crippen molar-refractivity contribution >= 4 is 34.1 Å². The normalized spacial score (nSPS) is 15.7. The van der Waals surface area contributed by atoms with Crippen molar-refractivity contribution in [2.24, 2.45) is 0 Å². The highest BCUT2D eigenvalue weighted by atomic mass is 35.5. The van der Waals surface area contributed by atoms with Crippen LogP contribution >= 0.6 is 11.6 Å². The molecule has 116 valence electrons. The molecule has 1 amide bonds. The van der Waals surface area contributed by atoms with Crippen LogP contribution in [-0.2, 0) is 0 Å². The number of nitrogens with one attached hydrogen (secondary N) is 2.